The third kappa shape index (κ3) is 3.27. The fourth-order valence-electron chi connectivity index (χ4n) is 5.23. The van der Waals surface area contributed by atoms with Crippen LogP contribution in [0.3, 0.4) is 0 Å². The van der Waals surface area contributed by atoms with Gasteiger partial charge in [-0.15, -0.1) is 0 Å². The number of amides is 2. The van der Waals surface area contributed by atoms with E-state index < -0.39 is 18.6 Å². The monoisotopic (exact) mass is 539 g/mol. The number of hydrogen-bond donors (Lipinski definition) is 0. The Kier molecular flexibility index (Phi) is 5.68. The summed E-state index contributed by atoms with van der Waals surface area (Å²) in [5.41, 5.74) is 2.24. The molecule has 1 aromatic carbocycles. The van der Waals surface area contributed by atoms with Gasteiger partial charge in [0.1, 0.15) is 6.04 Å². The maximum atomic E-state index is 13.0. The Morgan fingerprint density at radius 2 is 1.67 bits per heavy atom. The quantitative estimate of drug-likeness (QED) is 0.248. The molecule has 2 saturated carbocycles. The zero-order valence-electron chi connectivity index (χ0n) is 16.9. The number of aryl methyl sites for hydroxylation is 2. The first-order valence-electron chi connectivity index (χ1n) is 10.1. The lowest BCUT2D eigenvalue weighted by Crippen LogP contribution is -2.45. The number of benzene rings is 1. The Bertz CT molecular complexity index is 915. The van der Waals surface area contributed by atoms with Crippen molar-refractivity contribution < 1.29 is 23.9 Å². The second-order valence-corrected chi connectivity index (χ2v) is 10.7. The van der Waals surface area contributed by atoms with E-state index in [-0.39, 0.29) is 50.9 Å². The van der Waals surface area contributed by atoms with Gasteiger partial charge in [0.25, 0.3) is 0 Å². The summed E-state index contributed by atoms with van der Waals surface area (Å²) in [6.45, 7) is 4.77. The predicted octanol–water partition coefficient (Wildman–Crippen LogP) is 3.20. The number of ketones is 1. The number of imide groups is 1. The van der Waals surface area contributed by atoms with Gasteiger partial charge in [-0.3, -0.25) is 19.3 Å². The van der Waals surface area contributed by atoms with Crippen LogP contribution in [0, 0.1) is 37.5 Å². The number of carbonyl (C=O) groups is 4. The average Bonchev–Trinajstić information content (AvgIpc) is 3.32. The first-order valence-corrected chi connectivity index (χ1v) is 11.9. The highest BCUT2D eigenvalue weighted by Crippen LogP contribution is 2.60. The standard InChI is InChI=1S/C22H23Br2NO5/c1-9-4-5-10(2)12(6-9)15(26)8-30-22(29)11(3)25-20(27)16-13-7-14(17(16)21(25)28)19(24)18(13)23/h4-6,11,13-14,16-19H,7-8H2,1-3H3/t11-,13+,14+,16-,17+,18-,19+/m1/s1. The molecule has 160 valence electrons. The minimum atomic E-state index is -1.05. The number of halogens is 2. The number of nitrogens with zero attached hydrogens (tertiary/aromatic N) is 1. The van der Waals surface area contributed by atoms with E-state index in [9.17, 15) is 19.2 Å². The van der Waals surface area contributed by atoms with E-state index >= 15 is 0 Å². The number of rotatable bonds is 5. The first kappa shape index (κ1) is 21.7. The molecular formula is C22H23Br2NO5. The lowest BCUT2D eigenvalue weighted by molar-refractivity contribution is -0.157. The van der Waals surface area contributed by atoms with E-state index in [0.717, 1.165) is 22.4 Å². The molecule has 2 aliphatic carbocycles. The summed E-state index contributed by atoms with van der Waals surface area (Å²) >= 11 is 7.29. The van der Waals surface area contributed by atoms with E-state index in [1.807, 2.05) is 26.0 Å². The van der Waals surface area contributed by atoms with Crippen molar-refractivity contribution >= 4 is 55.4 Å². The number of alkyl halides is 2. The van der Waals surface area contributed by atoms with Gasteiger partial charge in [0.05, 0.1) is 11.8 Å². The van der Waals surface area contributed by atoms with Crippen LogP contribution < -0.4 is 0 Å². The fourth-order valence-corrected chi connectivity index (χ4v) is 7.10. The zero-order chi connectivity index (χ0) is 21.9. The number of carbonyl (C=O) groups excluding carboxylic acids is 4. The van der Waals surface area contributed by atoms with Crippen molar-refractivity contribution in [3.05, 3.63) is 34.9 Å². The Morgan fingerprint density at radius 1 is 1.10 bits per heavy atom. The summed E-state index contributed by atoms with van der Waals surface area (Å²) in [5.74, 6) is -2.25. The Balaban J connectivity index is 1.43. The number of hydrogen-bond acceptors (Lipinski definition) is 5. The van der Waals surface area contributed by atoms with Crippen molar-refractivity contribution in [3.8, 4) is 0 Å². The van der Waals surface area contributed by atoms with Crippen molar-refractivity contribution in [2.24, 2.45) is 23.7 Å². The van der Waals surface area contributed by atoms with Crippen molar-refractivity contribution in [3.63, 3.8) is 0 Å². The van der Waals surface area contributed by atoms with E-state index in [1.165, 1.54) is 6.92 Å². The van der Waals surface area contributed by atoms with Crippen LogP contribution in [0.25, 0.3) is 0 Å². The van der Waals surface area contributed by atoms with Crippen LogP contribution in [0.4, 0.5) is 0 Å². The summed E-state index contributed by atoms with van der Waals surface area (Å²) in [6.07, 6.45) is 0.829. The molecule has 1 aromatic rings. The summed E-state index contributed by atoms with van der Waals surface area (Å²) < 4.78 is 5.20. The van der Waals surface area contributed by atoms with Crippen LogP contribution in [0.5, 0.6) is 0 Å². The number of esters is 1. The molecule has 2 amide bonds. The van der Waals surface area contributed by atoms with Crippen LogP contribution in [0.2, 0.25) is 0 Å². The number of likely N-dealkylation sites (tertiary alicyclic amines) is 1. The number of Topliss-reactive ketones (excluding diaryl/α,β-unsaturated/α-hetero) is 1. The van der Waals surface area contributed by atoms with Crippen LogP contribution >= 0.6 is 31.9 Å². The largest absolute Gasteiger partial charge is 0.456 e. The molecule has 7 atom stereocenters. The van der Waals surface area contributed by atoms with Gasteiger partial charge in [-0.05, 0) is 50.7 Å². The van der Waals surface area contributed by atoms with Gasteiger partial charge in [-0.25, -0.2) is 4.79 Å². The minimum Gasteiger partial charge on any atom is -0.456 e. The summed E-state index contributed by atoms with van der Waals surface area (Å²) in [4.78, 5) is 52.5. The van der Waals surface area contributed by atoms with Gasteiger partial charge >= 0.3 is 5.97 Å². The smallest absolute Gasteiger partial charge is 0.329 e. The average molecular weight is 541 g/mol. The van der Waals surface area contributed by atoms with Crippen molar-refractivity contribution in [2.45, 2.75) is 42.9 Å². The maximum Gasteiger partial charge on any atom is 0.329 e. The molecule has 3 aliphatic rings. The molecule has 0 radical (unpaired) electrons. The van der Waals surface area contributed by atoms with Crippen molar-refractivity contribution in [1.82, 2.24) is 4.90 Å². The van der Waals surface area contributed by atoms with Gasteiger partial charge in [-0.2, -0.15) is 0 Å². The normalized spacial score (nSPS) is 33.0. The highest BCUT2D eigenvalue weighted by Gasteiger charge is 2.67. The Hall–Kier alpha value is -1.54. The highest BCUT2D eigenvalue weighted by molar-refractivity contribution is 9.12. The van der Waals surface area contributed by atoms with E-state index in [0.29, 0.717) is 5.56 Å². The topological polar surface area (TPSA) is 80.8 Å². The van der Waals surface area contributed by atoms with Crippen molar-refractivity contribution in [1.29, 1.82) is 0 Å². The molecule has 8 heteroatoms. The molecule has 1 aliphatic heterocycles. The van der Waals surface area contributed by atoms with Gasteiger partial charge < -0.3 is 4.74 Å². The molecule has 4 rings (SSSR count). The summed E-state index contributed by atoms with van der Waals surface area (Å²) in [7, 11) is 0. The fraction of sp³-hybridized carbons (Fsp3) is 0.545. The third-order valence-corrected chi connectivity index (χ3v) is 10.00. The van der Waals surface area contributed by atoms with Crippen LogP contribution in [-0.2, 0) is 19.1 Å². The first-order chi connectivity index (χ1) is 14.1. The maximum absolute atomic E-state index is 13.0. The van der Waals surface area contributed by atoms with Crippen LogP contribution in [0.1, 0.15) is 34.8 Å². The zero-order valence-corrected chi connectivity index (χ0v) is 20.1. The highest BCUT2D eigenvalue weighted by atomic mass is 79.9. The van der Waals surface area contributed by atoms with E-state index in [4.69, 9.17) is 4.74 Å². The van der Waals surface area contributed by atoms with E-state index in [2.05, 4.69) is 31.9 Å². The summed E-state index contributed by atoms with van der Waals surface area (Å²) in [6, 6.07) is 4.45. The Morgan fingerprint density at radius 3 is 2.23 bits per heavy atom. The molecule has 30 heavy (non-hydrogen) atoms. The molecule has 1 saturated heterocycles. The molecule has 2 bridgehead atoms. The van der Waals surface area contributed by atoms with E-state index in [1.54, 1.807) is 6.07 Å². The van der Waals surface area contributed by atoms with Crippen LogP contribution in [0.15, 0.2) is 18.2 Å². The number of ether oxygens (including phenoxy) is 1. The van der Waals surface area contributed by atoms with Crippen molar-refractivity contribution in [2.75, 3.05) is 6.61 Å². The molecule has 0 unspecified atom stereocenters. The predicted molar refractivity (Wildman–Crippen MR) is 117 cm³/mol. The molecule has 0 aromatic heterocycles. The molecule has 3 fully saturated rings. The van der Waals surface area contributed by atoms with Gasteiger partial charge in [-0.1, -0.05) is 49.6 Å². The Labute approximate surface area is 192 Å². The number of fused-ring (bicyclic) bond motifs is 5. The molecular weight excluding hydrogens is 518 g/mol. The van der Waals surface area contributed by atoms with Gasteiger partial charge in [0.15, 0.2) is 6.61 Å². The lowest BCUT2D eigenvalue weighted by Gasteiger charge is -2.28. The molecule has 6 nitrogen and oxygen atoms in total. The third-order valence-electron chi connectivity index (χ3n) is 6.79. The van der Waals surface area contributed by atoms with Crippen LogP contribution in [-0.4, -0.2) is 50.8 Å². The second-order valence-electron chi connectivity index (χ2n) is 8.58. The molecule has 0 spiro atoms. The van der Waals surface area contributed by atoms with Gasteiger partial charge in [0.2, 0.25) is 17.6 Å². The van der Waals surface area contributed by atoms with Gasteiger partial charge in [0, 0.05) is 15.2 Å². The lowest BCUT2D eigenvalue weighted by atomic mass is 9.81. The SMILES string of the molecule is Cc1ccc(C)c(C(=O)COC(=O)[C@@H](C)N2C(=O)[C@@H]3[C@@H]4C[C@H]([C@H](Br)[C@@H]4Br)[C@@H]3C2=O)c1. The minimum absolute atomic E-state index is 0.0833. The second kappa shape index (κ2) is 7.86. The molecule has 1 heterocycles. The molecule has 0 N–H and O–H groups in total. The summed E-state index contributed by atoms with van der Waals surface area (Å²) in [5, 5.41) is 0.